The Morgan fingerprint density at radius 3 is 2.38 bits per heavy atom. The molecule has 21 heavy (non-hydrogen) atoms. The molecule has 2 aromatic rings. The summed E-state index contributed by atoms with van der Waals surface area (Å²) >= 11 is 0. The van der Waals surface area contributed by atoms with Gasteiger partial charge < -0.3 is 0 Å². The molecule has 8 nitrogen and oxygen atoms in total. The van der Waals surface area contributed by atoms with Gasteiger partial charge in [0.1, 0.15) is 0 Å². The highest BCUT2D eigenvalue weighted by Gasteiger charge is 2.14. The van der Waals surface area contributed by atoms with Gasteiger partial charge in [0.05, 0.1) is 17.1 Å². The Morgan fingerprint density at radius 1 is 1.14 bits per heavy atom. The Bertz CT molecular complexity index is 782. The van der Waals surface area contributed by atoms with E-state index in [9.17, 15) is 14.9 Å². The highest BCUT2D eigenvalue weighted by molar-refractivity contribution is 5.35. The van der Waals surface area contributed by atoms with Crippen LogP contribution in [0.2, 0.25) is 0 Å². The van der Waals surface area contributed by atoms with Crippen molar-refractivity contribution in [3.63, 3.8) is 0 Å². The molecular weight excluding hydrogens is 276 g/mol. The summed E-state index contributed by atoms with van der Waals surface area (Å²) in [6, 6.07) is 1.31. The molecule has 0 N–H and O–H groups in total. The van der Waals surface area contributed by atoms with Crippen LogP contribution < -0.4 is 10.4 Å². The number of nitrogens with zero attached hydrogens (tertiary/aromatic N) is 4. The number of aryl methyl sites for hydroxylation is 4. The molecule has 0 saturated carbocycles. The molecule has 0 atom stereocenters. The summed E-state index contributed by atoms with van der Waals surface area (Å²) in [7, 11) is 0. The second-order valence-electron chi connectivity index (χ2n) is 4.68. The van der Waals surface area contributed by atoms with E-state index in [-0.39, 0.29) is 5.75 Å². The first kappa shape index (κ1) is 14.6. The van der Waals surface area contributed by atoms with Crippen LogP contribution in [0.3, 0.4) is 0 Å². The molecule has 0 aliphatic carbocycles. The maximum Gasteiger partial charge on any atom is 0.299 e. The fourth-order valence-corrected chi connectivity index (χ4v) is 1.92. The van der Waals surface area contributed by atoms with Crippen molar-refractivity contribution in [3.05, 3.63) is 55.4 Å². The number of rotatable bonds is 3. The molecule has 0 unspecified atom stereocenters. The molecule has 0 bridgehead atoms. The molecule has 2 aromatic heterocycles. The molecule has 0 aliphatic heterocycles. The van der Waals surface area contributed by atoms with Crippen LogP contribution in [0.5, 0.6) is 5.75 Å². The van der Waals surface area contributed by atoms with E-state index in [1.165, 1.54) is 10.6 Å². The van der Waals surface area contributed by atoms with Crippen LogP contribution in [0.15, 0.2) is 17.1 Å². The van der Waals surface area contributed by atoms with Crippen molar-refractivity contribution in [3.8, 4) is 11.6 Å². The fourth-order valence-electron chi connectivity index (χ4n) is 1.92. The first-order valence-corrected chi connectivity index (χ1v) is 6.17. The van der Waals surface area contributed by atoms with Crippen molar-refractivity contribution < 1.29 is 9.92 Å². The normalized spacial score (nSPS) is 10.5. The third kappa shape index (κ3) is 2.88. The maximum atomic E-state index is 12.3. The summed E-state index contributed by atoms with van der Waals surface area (Å²) in [5.41, 5.74) is 1.97. The summed E-state index contributed by atoms with van der Waals surface area (Å²) in [4.78, 5) is 35.7. The molecular formula is C13H14N4O4. The van der Waals surface area contributed by atoms with Crippen LogP contribution in [0, 0.1) is 37.8 Å². The van der Waals surface area contributed by atoms with E-state index in [2.05, 4.69) is 14.8 Å². The second kappa shape index (κ2) is 5.31. The largest absolute Gasteiger partial charge is 0.299 e. The smallest absolute Gasteiger partial charge is 0.270 e. The highest BCUT2D eigenvalue weighted by atomic mass is 17.0. The van der Waals surface area contributed by atoms with Crippen LogP contribution in [0.1, 0.15) is 22.6 Å². The quantitative estimate of drug-likeness (QED) is 0.626. The first-order chi connectivity index (χ1) is 9.79. The Labute approximate surface area is 120 Å². The van der Waals surface area contributed by atoms with E-state index in [0.717, 1.165) is 5.69 Å². The minimum absolute atomic E-state index is 0.333. The van der Waals surface area contributed by atoms with E-state index >= 15 is 0 Å². The van der Waals surface area contributed by atoms with Crippen molar-refractivity contribution in [2.45, 2.75) is 27.7 Å². The lowest BCUT2D eigenvalue weighted by atomic mass is 10.3. The molecule has 8 heteroatoms. The Hall–Kier alpha value is -2.77. The summed E-state index contributed by atoms with van der Waals surface area (Å²) < 4.78 is 1.21. The fraction of sp³-hybridized carbons (Fsp3) is 0.308. The van der Waals surface area contributed by atoms with Gasteiger partial charge in [0, 0.05) is 6.20 Å². The zero-order valence-corrected chi connectivity index (χ0v) is 12.1. The summed E-state index contributed by atoms with van der Waals surface area (Å²) in [5, 5.41) is 9.44. The average Bonchev–Trinajstić information content (AvgIpc) is 2.37. The number of pyridine rings is 1. The summed E-state index contributed by atoms with van der Waals surface area (Å²) in [5.74, 6) is -0.0283. The van der Waals surface area contributed by atoms with Crippen LogP contribution in [-0.2, 0) is 0 Å². The van der Waals surface area contributed by atoms with Crippen LogP contribution in [-0.4, -0.2) is 19.6 Å². The molecule has 2 rings (SSSR count). The summed E-state index contributed by atoms with van der Waals surface area (Å²) in [6.45, 7) is 7.02. The van der Waals surface area contributed by atoms with Gasteiger partial charge in [0.2, 0.25) is 0 Å². The van der Waals surface area contributed by atoms with Crippen LogP contribution in [0.4, 0.5) is 0 Å². The van der Waals surface area contributed by atoms with Crippen molar-refractivity contribution in [1.29, 1.82) is 0 Å². The maximum absolute atomic E-state index is 12.3. The van der Waals surface area contributed by atoms with E-state index < -0.39 is 10.6 Å². The first-order valence-electron chi connectivity index (χ1n) is 6.17. The van der Waals surface area contributed by atoms with Gasteiger partial charge in [0.15, 0.2) is 11.6 Å². The van der Waals surface area contributed by atoms with Gasteiger partial charge in [-0.3, -0.25) is 19.2 Å². The Balaban J connectivity index is 2.70. The zero-order chi connectivity index (χ0) is 15.7. The molecule has 0 radical (unpaired) electrons. The minimum atomic E-state index is -1.01. The predicted molar refractivity (Wildman–Crippen MR) is 74.2 cm³/mol. The van der Waals surface area contributed by atoms with E-state index in [1.54, 1.807) is 27.0 Å². The van der Waals surface area contributed by atoms with Gasteiger partial charge in [-0.2, -0.15) is 0 Å². The van der Waals surface area contributed by atoms with Gasteiger partial charge in [-0.05, 0) is 39.3 Å². The molecule has 0 fully saturated rings. The standard InChI is InChI=1S/C13H14N4O4/c1-7-5-11(21-17(19)20)13(18)16(6-7)12-10(4)14-8(2)9(3)15-12/h5-6H,1-4H3. The SMILES string of the molecule is Cc1cc(O[N+](=O)[O-])c(=O)n(-c2nc(C)c(C)nc2C)c1. The number of hydrogen-bond donors (Lipinski definition) is 0. The Kier molecular flexibility index (Phi) is 3.70. The topological polar surface area (TPSA) is 100 Å². The third-order valence-corrected chi connectivity index (χ3v) is 2.98. The number of hydrogen-bond acceptors (Lipinski definition) is 6. The monoisotopic (exact) mass is 290 g/mol. The molecule has 0 aromatic carbocycles. The molecule has 0 amide bonds. The predicted octanol–water partition coefficient (Wildman–Crippen LogP) is 1.43. The molecule has 2 heterocycles. The highest BCUT2D eigenvalue weighted by Crippen LogP contribution is 2.14. The van der Waals surface area contributed by atoms with Gasteiger partial charge in [-0.1, -0.05) is 0 Å². The molecule has 110 valence electrons. The van der Waals surface area contributed by atoms with Crippen molar-refractivity contribution in [2.75, 3.05) is 0 Å². The van der Waals surface area contributed by atoms with Crippen molar-refractivity contribution in [2.24, 2.45) is 0 Å². The number of aromatic nitrogens is 3. The minimum Gasteiger partial charge on any atom is -0.270 e. The van der Waals surface area contributed by atoms with E-state index in [4.69, 9.17) is 0 Å². The van der Waals surface area contributed by atoms with Gasteiger partial charge in [-0.25, -0.2) is 4.98 Å². The summed E-state index contributed by atoms with van der Waals surface area (Å²) in [6.07, 6.45) is 1.54. The van der Waals surface area contributed by atoms with E-state index in [0.29, 0.717) is 22.8 Å². The third-order valence-electron chi connectivity index (χ3n) is 2.98. The molecule has 0 aliphatic rings. The second-order valence-corrected chi connectivity index (χ2v) is 4.68. The van der Waals surface area contributed by atoms with Gasteiger partial charge in [0.25, 0.3) is 10.6 Å². The van der Waals surface area contributed by atoms with Gasteiger partial charge >= 0.3 is 0 Å². The average molecular weight is 290 g/mol. The lowest BCUT2D eigenvalue weighted by Gasteiger charge is -2.12. The molecule has 0 spiro atoms. The van der Waals surface area contributed by atoms with Crippen molar-refractivity contribution >= 4 is 0 Å². The zero-order valence-electron chi connectivity index (χ0n) is 12.1. The van der Waals surface area contributed by atoms with Crippen LogP contribution >= 0.6 is 0 Å². The lowest BCUT2D eigenvalue weighted by Crippen LogP contribution is -2.24. The lowest BCUT2D eigenvalue weighted by molar-refractivity contribution is -0.711. The van der Waals surface area contributed by atoms with Crippen molar-refractivity contribution in [1.82, 2.24) is 14.5 Å². The molecule has 0 saturated heterocycles. The van der Waals surface area contributed by atoms with E-state index in [1.807, 2.05) is 6.92 Å². The Morgan fingerprint density at radius 2 is 1.76 bits per heavy atom. The van der Waals surface area contributed by atoms with Crippen LogP contribution in [0.25, 0.3) is 5.82 Å². The van der Waals surface area contributed by atoms with Gasteiger partial charge in [-0.15, -0.1) is 10.1 Å².